The summed E-state index contributed by atoms with van der Waals surface area (Å²) in [6, 6.07) is -0.254. The van der Waals surface area contributed by atoms with Crippen LogP contribution in [-0.4, -0.2) is 46.7 Å². The van der Waals surface area contributed by atoms with Crippen LogP contribution in [-0.2, 0) is 10.2 Å². The number of hydrogen-bond donors (Lipinski definition) is 2. The summed E-state index contributed by atoms with van der Waals surface area (Å²) in [5.41, 5.74) is -0.0707. The summed E-state index contributed by atoms with van der Waals surface area (Å²) in [5.74, 6) is 0.538. The zero-order valence-corrected chi connectivity index (χ0v) is 15.0. The number of amides is 3. The van der Waals surface area contributed by atoms with Gasteiger partial charge in [0.1, 0.15) is 5.01 Å². The lowest BCUT2D eigenvalue weighted by molar-refractivity contribution is -0.130. The van der Waals surface area contributed by atoms with E-state index < -0.39 is 0 Å². The van der Waals surface area contributed by atoms with E-state index >= 15 is 0 Å². The van der Waals surface area contributed by atoms with Crippen molar-refractivity contribution in [3.8, 4) is 0 Å². The fraction of sp³-hybridized carbons (Fsp3) is 0.733. The first kappa shape index (κ1) is 17.7. The number of nitrogens with one attached hydrogen (secondary N) is 2. The van der Waals surface area contributed by atoms with Crippen molar-refractivity contribution in [2.75, 3.05) is 25.0 Å². The second-order valence-electron chi connectivity index (χ2n) is 6.95. The third-order valence-corrected chi connectivity index (χ3v) is 5.16. The number of likely N-dealkylation sites (tertiary alicyclic amines) is 1. The van der Waals surface area contributed by atoms with Crippen LogP contribution >= 0.6 is 11.3 Å². The van der Waals surface area contributed by atoms with E-state index in [1.165, 1.54) is 11.3 Å². The smallest absolute Gasteiger partial charge is 0.321 e. The number of carbonyl (C=O) groups excluding carboxylic acids is 2. The fourth-order valence-corrected chi connectivity index (χ4v) is 3.20. The maximum Gasteiger partial charge on any atom is 0.321 e. The predicted molar refractivity (Wildman–Crippen MR) is 90.6 cm³/mol. The number of hydrogen-bond acceptors (Lipinski definition) is 5. The quantitative estimate of drug-likeness (QED) is 0.884. The zero-order valence-electron chi connectivity index (χ0n) is 14.2. The van der Waals surface area contributed by atoms with Crippen LogP contribution in [0.15, 0.2) is 0 Å². The highest BCUT2D eigenvalue weighted by atomic mass is 32.1. The minimum atomic E-state index is -0.254. The van der Waals surface area contributed by atoms with Gasteiger partial charge in [0.2, 0.25) is 11.0 Å². The van der Waals surface area contributed by atoms with E-state index in [1.54, 1.807) is 6.92 Å². The third-order valence-electron chi connectivity index (χ3n) is 3.90. The summed E-state index contributed by atoms with van der Waals surface area (Å²) < 4.78 is 0. The molecule has 1 aromatic rings. The van der Waals surface area contributed by atoms with Crippen molar-refractivity contribution in [1.82, 2.24) is 20.4 Å². The van der Waals surface area contributed by atoms with Crippen LogP contribution in [0.3, 0.4) is 0 Å². The number of anilines is 1. The van der Waals surface area contributed by atoms with E-state index in [2.05, 4.69) is 41.6 Å². The first-order valence-electron chi connectivity index (χ1n) is 7.90. The van der Waals surface area contributed by atoms with Gasteiger partial charge in [0.25, 0.3) is 0 Å². The Morgan fingerprint density at radius 2 is 1.91 bits per heavy atom. The second-order valence-corrected chi connectivity index (χ2v) is 7.92. The summed E-state index contributed by atoms with van der Waals surface area (Å²) >= 11 is 1.39. The van der Waals surface area contributed by atoms with Gasteiger partial charge in [-0.25, -0.2) is 4.79 Å². The molecule has 1 aliphatic heterocycles. The number of piperidine rings is 1. The molecule has 1 fully saturated rings. The van der Waals surface area contributed by atoms with Crippen molar-refractivity contribution in [3.63, 3.8) is 0 Å². The van der Waals surface area contributed by atoms with E-state index in [0.717, 1.165) is 30.9 Å². The minimum Gasteiger partial charge on any atom is -0.343 e. The molecule has 23 heavy (non-hydrogen) atoms. The highest BCUT2D eigenvalue weighted by Crippen LogP contribution is 2.27. The van der Waals surface area contributed by atoms with Crippen LogP contribution in [0, 0.1) is 5.92 Å². The number of aromatic nitrogens is 2. The molecule has 0 bridgehead atoms. The molecule has 2 N–H and O–H groups in total. The first-order chi connectivity index (χ1) is 10.8. The van der Waals surface area contributed by atoms with Gasteiger partial charge in [-0.3, -0.25) is 10.1 Å². The molecule has 0 aromatic carbocycles. The summed E-state index contributed by atoms with van der Waals surface area (Å²) in [6.45, 7) is 9.94. The van der Waals surface area contributed by atoms with Gasteiger partial charge in [-0.1, -0.05) is 32.1 Å². The molecule has 1 aliphatic rings. The molecule has 2 heterocycles. The Morgan fingerprint density at radius 3 is 2.43 bits per heavy atom. The molecule has 0 unspecified atom stereocenters. The van der Waals surface area contributed by atoms with Gasteiger partial charge in [-0.15, -0.1) is 10.2 Å². The molecular formula is C15H25N5O2S. The van der Waals surface area contributed by atoms with Crippen LogP contribution in [0.25, 0.3) is 0 Å². The Bertz CT molecular complexity index is 558. The molecule has 0 radical (unpaired) electrons. The number of carbonyl (C=O) groups is 2. The molecule has 8 heteroatoms. The molecule has 1 aromatic heterocycles. The molecule has 3 amide bonds. The van der Waals surface area contributed by atoms with Crippen LogP contribution in [0.5, 0.6) is 0 Å². The molecule has 0 aliphatic carbocycles. The Hall–Kier alpha value is -1.70. The van der Waals surface area contributed by atoms with E-state index in [1.807, 2.05) is 4.90 Å². The van der Waals surface area contributed by atoms with Crippen molar-refractivity contribution in [1.29, 1.82) is 0 Å². The average molecular weight is 339 g/mol. The third kappa shape index (κ3) is 5.16. The van der Waals surface area contributed by atoms with Crippen LogP contribution < -0.4 is 10.6 Å². The highest BCUT2D eigenvalue weighted by Gasteiger charge is 2.22. The molecule has 0 spiro atoms. The largest absolute Gasteiger partial charge is 0.343 e. The topological polar surface area (TPSA) is 87.2 Å². The Balaban J connectivity index is 1.74. The number of rotatable bonds is 3. The Kier molecular flexibility index (Phi) is 5.56. The predicted octanol–water partition coefficient (Wildman–Crippen LogP) is 2.22. The maximum atomic E-state index is 11.9. The molecule has 2 rings (SSSR count). The molecule has 7 nitrogen and oxygen atoms in total. The second kappa shape index (κ2) is 7.25. The van der Waals surface area contributed by atoms with Crippen molar-refractivity contribution in [2.24, 2.45) is 5.92 Å². The van der Waals surface area contributed by atoms with E-state index in [0.29, 0.717) is 17.6 Å². The summed E-state index contributed by atoms with van der Waals surface area (Å²) in [6.07, 6.45) is 1.85. The van der Waals surface area contributed by atoms with Crippen molar-refractivity contribution < 1.29 is 9.59 Å². The lowest BCUT2D eigenvalue weighted by Crippen LogP contribution is -2.41. The molecule has 0 atom stereocenters. The lowest BCUT2D eigenvalue weighted by atomic mass is 9.97. The number of nitrogens with zero attached hydrogens (tertiary/aromatic N) is 3. The zero-order chi connectivity index (χ0) is 17.0. The van der Waals surface area contributed by atoms with Gasteiger partial charge in [-0.05, 0) is 18.8 Å². The van der Waals surface area contributed by atoms with Gasteiger partial charge < -0.3 is 10.2 Å². The van der Waals surface area contributed by atoms with Gasteiger partial charge in [0, 0.05) is 32.0 Å². The summed E-state index contributed by atoms with van der Waals surface area (Å²) in [7, 11) is 0. The van der Waals surface area contributed by atoms with Crippen molar-refractivity contribution >= 4 is 28.4 Å². The minimum absolute atomic E-state index is 0.0707. The van der Waals surface area contributed by atoms with Crippen LogP contribution in [0.2, 0.25) is 0 Å². The van der Waals surface area contributed by atoms with Gasteiger partial charge >= 0.3 is 6.03 Å². The van der Waals surface area contributed by atoms with Gasteiger partial charge in [0.05, 0.1) is 0 Å². The fourth-order valence-electron chi connectivity index (χ4n) is 2.41. The van der Waals surface area contributed by atoms with Crippen molar-refractivity contribution in [2.45, 2.75) is 46.0 Å². The SMILES string of the molecule is CC(=O)N1CCC(CNC(=O)Nc2nnc(C(C)(C)C)s2)CC1. The normalized spacial score (nSPS) is 16.3. The molecule has 0 saturated carbocycles. The maximum absolute atomic E-state index is 11.9. The monoisotopic (exact) mass is 339 g/mol. The summed E-state index contributed by atoms with van der Waals surface area (Å²) in [5, 5.41) is 15.1. The average Bonchev–Trinajstić information content (AvgIpc) is 2.94. The van der Waals surface area contributed by atoms with E-state index in [4.69, 9.17) is 0 Å². The Morgan fingerprint density at radius 1 is 1.26 bits per heavy atom. The molecule has 128 valence electrons. The van der Waals surface area contributed by atoms with Crippen LogP contribution in [0.4, 0.5) is 9.93 Å². The van der Waals surface area contributed by atoms with E-state index in [9.17, 15) is 9.59 Å². The standard InChI is InChI=1S/C15H25N5O2S/c1-10(21)20-7-5-11(6-8-20)9-16-13(22)17-14-19-18-12(23-14)15(2,3)4/h11H,5-9H2,1-4H3,(H2,16,17,19,22). The highest BCUT2D eigenvalue weighted by molar-refractivity contribution is 7.15. The first-order valence-corrected chi connectivity index (χ1v) is 8.71. The Labute approximate surface area is 140 Å². The van der Waals surface area contributed by atoms with Gasteiger partial charge in [0.15, 0.2) is 0 Å². The number of urea groups is 1. The van der Waals surface area contributed by atoms with Gasteiger partial charge in [-0.2, -0.15) is 0 Å². The lowest BCUT2D eigenvalue weighted by Gasteiger charge is -2.31. The van der Waals surface area contributed by atoms with Crippen molar-refractivity contribution in [3.05, 3.63) is 5.01 Å². The van der Waals surface area contributed by atoms with E-state index in [-0.39, 0.29) is 17.4 Å². The summed E-state index contributed by atoms with van der Waals surface area (Å²) in [4.78, 5) is 25.1. The molecule has 1 saturated heterocycles. The van der Waals surface area contributed by atoms with Crippen LogP contribution in [0.1, 0.15) is 45.5 Å². The molecular weight excluding hydrogens is 314 g/mol.